The number of piperidine rings is 1. The van der Waals surface area contributed by atoms with Gasteiger partial charge in [-0.1, -0.05) is 0 Å². The molecule has 0 radical (unpaired) electrons. The molecular weight excluding hydrogens is 326 g/mol. The lowest BCUT2D eigenvalue weighted by Gasteiger charge is -2.33. The monoisotopic (exact) mass is 355 g/mol. The zero-order valence-corrected chi connectivity index (χ0v) is 15.5. The van der Waals surface area contributed by atoms with Crippen molar-refractivity contribution in [3.8, 4) is 0 Å². The smallest absolute Gasteiger partial charge is 0.410 e. The second kappa shape index (κ2) is 9.29. The molecule has 0 unspecified atom stereocenters. The highest BCUT2D eigenvalue weighted by Gasteiger charge is 2.27. The fraction of sp³-hybridized carbons (Fsp3) is 0.706. The van der Waals surface area contributed by atoms with Gasteiger partial charge in [0, 0.05) is 25.8 Å². The number of likely N-dealkylation sites (tertiary alicyclic amines) is 1. The Kier molecular flexibility index (Phi) is 7.73. The summed E-state index contributed by atoms with van der Waals surface area (Å²) in [7, 11) is 0. The Morgan fingerprint density at radius 1 is 1.24 bits per heavy atom. The quantitative estimate of drug-likeness (QED) is 0.331. The minimum absolute atomic E-state index is 0.173. The van der Waals surface area contributed by atoms with E-state index in [9.17, 15) is 14.4 Å². The third-order valence-corrected chi connectivity index (χ3v) is 3.72. The van der Waals surface area contributed by atoms with Gasteiger partial charge in [0.15, 0.2) is 0 Å². The highest BCUT2D eigenvalue weighted by molar-refractivity contribution is 6.16. The van der Waals surface area contributed by atoms with Crippen LogP contribution in [0.4, 0.5) is 4.79 Å². The molecule has 0 saturated carbocycles. The Balaban J connectivity index is 2.40. The van der Waals surface area contributed by atoms with Crippen LogP contribution in [0.3, 0.4) is 0 Å². The van der Waals surface area contributed by atoms with E-state index in [0.717, 1.165) is 19.0 Å². The van der Waals surface area contributed by atoms with Crippen molar-refractivity contribution in [1.82, 2.24) is 10.2 Å². The van der Waals surface area contributed by atoms with Crippen LogP contribution in [0.1, 0.15) is 40.5 Å². The van der Waals surface area contributed by atoms with Gasteiger partial charge in [-0.15, -0.1) is 0 Å². The number of hydrogen-bond donors (Lipinski definition) is 2. The lowest BCUT2D eigenvalue weighted by molar-refractivity contribution is -0.140. The van der Waals surface area contributed by atoms with Gasteiger partial charge in [-0.05, 0) is 46.5 Å². The molecule has 8 heteroatoms. The van der Waals surface area contributed by atoms with Crippen molar-refractivity contribution in [2.45, 2.75) is 46.1 Å². The predicted molar refractivity (Wildman–Crippen MR) is 92.4 cm³/mol. The summed E-state index contributed by atoms with van der Waals surface area (Å²) in [6.07, 6.45) is 2.14. The normalized spacial score (nSPS) is 16.3. The van der Waals surface area contributed by atoms with Crippen LogP contribution in [0.2, 0.25) is 0 Å². The largest absolute Gasteiger partial charge is 0.462 e. The lowest BCUT2D eigenvalue weighted by atomic mass is 9.97. The molecule has 1 saturated heterocycles. The molecule has 0 aromatic rings. The van der Waals surface area contributed by atoms with Crippen molar-refractivity contribution in [2.24, 2.45) is 11.7 Å². The van der Waals surface area contributed by atoms with Crippen LogP contribution >= 0.6 is 0 Å². The second-order valence-corrected chi connectivity index (χ2v) is 6.92. The minimum atomic E-state index is -0.734. The number of ether oxygens (including phenoxy) is 2. The average Bonchev–Trinajstić information content (AvgIpc) is 2.52. The third-order valence-electron chi connectivity index (χ3n) is 3.72. The summed E-state index contributed by atoms with van der Waals surface area (Å²) >= 11 is 0. The summed E-state index contributed by atoms with van der Waals surface area (Å²) in [5.74, 6) is -1.05. The molecule has 1 aliphatic heterocycles. The van der Waals surface area contributed by atoms with Crippen molar-refractivity contribution in [1.29, 1.82) is 0 Å². The molecule has 3 N–H and O–H groups in total. The standard InChI is InChI=1S/C17H29N3O5/c1-5-24-15(22)13(10-18)14(21)19-11-12-6-8-20(9-7-12)16(23)25-17(2,3)4/h10,12H,5-9,11,18H2,1-4H3,(H,19,21). The fourth-order valence-corrected chi connectivity index (χ4v) is 2.42. The molecule has 25 heavy (non-hydrogen) atoms. The number of amides is 2. The number of nitrogens with zero attached hydrogens (tertiary/aromatic N) is 1. The van der Waals surface area contributed by atoms with Crippen molar-refractivity contribution in [2.75, 3.05) is 26.2 Å². The molecule has 0 aromatic heterocycles. The first kappa shape index (κ1) is 20.8. The van der Waals surface area contributed by atoms with Gasteiger partial charge in [0.2, 0.25) is 0 Å². The summed E-state index contributed by atoms with van der Waals surface area (Å²) in [4.78, 5) is 37.3. The Bertz CT molecular complexity index is 517. The molecule has 0 bridgehead atoms. The summed E-state index contributed by atoms with van der Waals surface area (Å²) in [5.41, 5.74) is 4.62. The van der Waals surface area contributed by atoms with Crippen LogP contribution in [0.15, 0.2) is 11.8 Å². The van der Waals surface area contributed by atoms with Gasteiger partial charge in [-0.3, -0.25) is 4.79 Å². The maximum atomic E-state index is 12.0. The number of carbonyl (C=O) groups excluding carboxylic acids is 3. The van der Waals surface area contributed by atoms with Crippen LogP contribution < -0.4 is 11.1 Å². The number of hydrogen-bond acceptors (Lipinski definition) is 6. The van der Waals surface area contributed by atoms with E-state index in [1.807, 2.05) is 20.8 Å². The van der Waals surface area contributed by atoms with E-state index in [1.165, 1.54) is 0 Å². The zero-order valence-electron chi connectivity index (χ0n) is 15.5. The lowest BCUT2D eigenvalue weighted by Crippen LogP contribution is -2.44. The van der Waals surface area contributed by atoms with Gasteiger partial charge in [0.25, 0.3) is 5.91 Å². The van der Waals surface area contributed by atoms with E-state index >= 15 is 0 Å². The van der Waals surface area contributed by atoms with Crippen LogP contribution in [0, 0.1) is 5.92 Å². The fourth-order valence-electron chi connectivity index (χ4n) is 2.42. The minimum Gasteiger partial charge on any atom is -0.462 e. The van der Waals surface area contributed by atoms with E-state index in [1.54, 1.807) is 11.8 Å². The van der Waals surface area contributed by atoms with E-state index in [0.29, 0.717) is 19.6 Å². The number of carbonyl (C=O) groups is 3. The molecule has 142 valence electrons. The maximum absolute atomic E-state index is 12.0. The summed E-state index contributed by atoms with van der Waals surface area (Å²) in [6, 6.07) is 0. The van der Waals surface area contributed by atoms with Crippen molar-refractivity contribution < 1.29 is 23.9 Å². The van der Waals surface area contributed by atoms with E-state index < -0.39 is 17.5 Å². The van der Waals surface area contributed by atoms with Crippen LogP contribution in [0.5, 0.6) is 0 Å². The van der Waals surface area contributed by atoms with Gasteiger partial charge in [-0.2, -0.15) is 0 Å². The first-order valence-electron chi connectivity index (χ1n) is 8.53. The molecule has 8 nitrogen and oxygen atoms in total. The van der Waals surface area contributed by atoms with Crippen molar-refractivity contribution >= 4 is 18.0 Å². The third kappa shape index (κ3) is 7.03. The van der Waals surface area contributed by atoms with Crippen LogP contribution in [-0.2, 0) is 19.1 Å². The molecule has 0 spiro atoms. The van der Waals surface area contributed by atoms with Crippen molar-refractivity contribution in [3.63, 3.8) is 0 Å². The molecule has 0 atom stereocenters. The molecule has 2 amide bonds. The highest BCUT2D eigenvalue weighted by Crippen LogP contribution is 2.19. The number of esters is 1. The van der Waals surface area contributed by atoms with Gasteiger partial charge in [-0.25, -0.2) is 9.59 Å². The SMILES string of the molecule is CCOC(=O)C(=CN)C(=O)NCC1CCN(C(=O)OC(C)(C)C)CC1. The Morgan fingerprint density at radius 2 is 1.84 bits per heavy atom. The highest BCUT2D eigenvalue weighted by atomic mass is 16.6. The Labute approximate surface area is 148 Å². The predicted octanol–water partition coefficient (Wildman–Crippen LogP) is 1.16. The first-order chi connectivity index (χ1) is 11.7. The summed E-state index contributed by atoms with van der Waals surface area (Å²) in [5, 5.41) is 2.70. The van der Waals surface area contributed by atoms with Gasteiger partial charge in [0.05, 0.1) is 6.61 Å². The first-order valence-corrected chi connectivity index (χ1v) is 8.53. The van der Waals surface area contributed by atoms with Gasteiger partial charge in [0.1, 0.15) is 11.2 Å². The number of nitrogens with two attached hydrogens (primary N) is 1. The Morgan fingerprint density at radius 3 is 2.32 bits per heavy atom. The maximum Gasteiger partial charge on any atom is 0.410 e. The molecular formula is C17H29N3O5. The van der Waals surface area contributed by atoms with Gasteiger partial charge < -0.3 is 25.4 Å². The average molecular weight is 355 g/mol. The molecule has 1 heterocycles. The molecule has 1 fully saturated rings. The molecule has 1 rings (SSSR count). The summed E-state index contributed by atoms with van der Waals surface area (Å²) in [6.45, 7) is 8.89. The number of rotatable bonds is 5. The van der Waals surface area contributed by atoms with E-state index in [-0.39, 0.29) is 24.2 Å². The number of nitrogens with one attached hydrogen (secondary N) is 1. The second-order valence-electron chi connectivity index (χ2n) is 6.92. The van der Waals surface area contributed by atoms with Gasteiger partial charge >= 0.3 is 12.1 Å². The molecule has 0 aromatic carbocycles. The molecule has 1 aliphatic rings. The zero-order chi connectivity index (χ0) is 19.0. The van der Waals surface area contributed by atoms with E-state index in [4.69, 9.17) is 15.2 Å². The van der Waals surface area contributed by atoms with E-state index in [2.05, 4.69) is 5.32 Å². The van der Waals surface area contributed by atoms with Crippen LogP contribution in [0.25, 0.3) is 0 Å². The molecule has 0 aliphatic carbocycles. The van der Waals surface area contributed by atoms with Crippen molar-refractivity contribution in [3.05, 3.63) is 11.8 Å². The summed E-state index contributed by atoms with van der Waals surface area (Å²) < 4.78 is 10.1. The topological polar surface area (TPSA) is 111 Å². The van der Waals surface area contributed by atoms with Crippen LogP contribution in [-0.4, -0.2) is 54.7 Å². The Hall–Kier alpha value is -2.25.